The van der Waals surface area contributed by atoms with Crippen molar-refractivity contribution in [2.75, 3.05) is 19.7 Å². The maximum atomic E-state index is 11.9. The van der Waals surface area contributed by atoms with Gasteiger partial charge in [-0.1, -0.05) is 20.3 Å². The van der Waals surface area contributed by atoms with Crippen LogP contribution in [0.3, 0.4) is 0 Å². The van der Waals surface area contributed by atoms with Gasteiger partial charge in [-0.15, -0.1) is 0 Å². The molecule has 0 aliphatic carbocycles. The fraction of sp³-hybridized carbons (Fsp3) is 0.909. The molecule has 0 aromatic heterocycles. The zero-order chi connectivity index (χ0) is 11.3. The molecule has 1 heterocycles. The van der Waals surface area contributed by atoms with E-state index in [1.165, 1.54) is 0 Å². The van der Waals surface area contributed by atoms with Crippen molar-refractivity contribution in [3.05, 3.63) is 0 Å². The molecular formula is C11H22N2O2. The third kappa shape index (κ3) is 3.47. The van der Waals surface area contributed by atoms with Crippen molar-refractivity contribution in [1.29, 1.82) is 0 Å². The van der Waals surface area contributed by atoms with Gasteiger partial charge < -0.3 is 15.4 Å². The SMILES string of the molecule is CCCC(N)C(=O)N1CCOC(CC)C1. The van der Waals surface area contributed by atoms with E-state index in [1.54, 1.807) is 0 Å². The second kappa shape index (κ2) is 6.08. The van der Waals surface area contributed by atoms with Crippen LogP contribution in [0.2, 0.25) is 0 Å². The number of hydrogen-bond acceptors (Lipinski definition) is 3. The smallest absolute Gasteiger partial charge is 0.239 e. The van der Waals surface area contributed by atoms with E-state index in [0.29, 0.717) is 19.7 Å². The molecule has 4 heteroatoms. The molecule has 0 saturated carbocycles. The highest BCUT2D eigenvalue weighted by Gasteiger charge is 2.26. The Balaban J connectivity index is 2.44. The molecule has 0 radical (unpaired) electrons. The standard InChI is InChI=1S/C11H22N2O2/c1-3-5-10(12)11(14)13-6-7-15-9(4-2)8-13/h9-10H,3-8,12H2,1-2H3. The first kappa shape index (κ1) is 12.5. The minimum Gasteiger partial charge on any atom is -0.375 e. The van der Waals surface area contributed by atoms with Gasteiger partial charge in [-0.05, 0) is 12.8 Å². The van der Waals surface area contributed by atoms with Crippen LogP contribution in [0.4, 0.5) is 0 Å². The van der Waals surface area contributed by atoms with Crippen molar-refractivity contribution >= 4 is 5.91 Å². The minimum atomic E-state index is -0.328. The number of nitrogens with zero attached hydrogens (tertiary/aromatic N) is 1. The Bertz CT molecular complexity index is 209. The van der Waals surface area contributed by atoms with Crippen LogP contribution >= 0.6 is 0 Å². The van der Waals surface area contributed by atoms with Crippen LogP contribution in [0.5, 0.6) is 0 Å². The zero-order valence-electron chi connectivity index (χ0n) is 9.74. The van der Waals surface area contributed by atoms with Crippen molar-refractivity contribution < 1.29 is 9.53 Å². The van der Waals surface area contributed by atoms with Crippen molar-refractivity contribution in [3.8, 4) is 0 Å². The Morgan fingerprint density at radius 2 is 2.33 bits per heavy atom. The lowest BCUT2D eigenvalue weighted by Gasteiger charge is -2.34. The number of ether oxygens (including phenoxy) is 1. The van der Waals surface area contributed by atoms with E-state index in [0.717, 1.165) is 19.3 Å². The van der Waals surface area contributed by atoms with E-state index in [2.05, 4.69) is 6.92 Å². The van der Waals surface area contributed by atoms with E-state index in [9.17, 15) is 4.79 Å². The molecule has 1 fully saturated rings. The predicted octanol–water partition coefficient (Wildman–Crippen LogP) is 0.751. The van der Waals surface area contributed by atoms with Crippen LogP contribution in [0.1, 0.15) is 33.1 Å². The van der Waals surface area contributed by atoms with Gasteiger partial charge in [-0.2, -0.15) is 0 Å². The second-order valence-electron chi connectivity index (χ2n) is 4.08. The number of nitrogens with two attached hydrogens (primary N) is 1. The molecule has 2 N–H and O–H groups in total. The van der Waals surface area contributed by atoms with Crippen LogP contribution in [0.25, 0.3) is 0 Å². The van der Waals surface area contributed by atoms with E-state index in [-0.39, 0.29) is 18.1 Å². The Kier molecular flexibility index (Phi) is 5.05. The van der Waals surface area contributed by atoms with E-state index in [4.69, 9.17) is 10.5 Å². The number of morpholine rings is 1. The van der Waals surface area contributed by atoms with Gasteiger partial charge in [-0.25, -0.2) is 0 Å². The van der Waals surface area contributed by atoms with E-state index >= 15 is 0 Å². The lowest BCUT2D eigenvalue weighted by molar-refractivity contribution is -0.140. The number of rotatable bonds is 4. The first-order valence-corrected chi connectivity index (χ1v) is 5.85. The third-order valence-electron chi connectivity index (χ3n) is 2.82. The second-order valence-corrected chi connectivity index (χ2v) is 4.08. The van der Waals surface area contributed by atoms with Crippen LogP contribution in [-0.2, 0) is 9.53 Å². The lowest BCUT2D eigenvalue weighted by Crippen LogP contribution is -2.51. The molecule has 0 aromatic carbocycles. The number of amides is 1. The van der Waals surface area contributed by atoms with Crippen LogP contribution in [0, 0.1) is 0 Å². The summed E-state index contributed by atoms with van der Waals surface area (Å²) < 4.78 is 5.51. The number of carbonyl (C=O) groups excluding carboxylic acids is 1. The first-order chi connectivity index (χ1) is 7.19. The van der Waals surface area contributed by atoms with Gasteiger partial charge >= 0.3 is 0 Å². The molecule has 4 nitrogen and oxygen atoms in total. The molecule has 1 amide bonds. The summed E-state index contributed by atoms with van der Waals surface area (Å²) in [5, 5.41) is 0. The monoisotopic (exact) mass is 214 g/mol. The zero-order valence-corrected chi connectivity index (χ0v) is 9.74. The summed E-state index contributed by atoms with van der Waals surface area (Å²) >= 11 is 0. The number of hydrogen-bond donors (Lipinski definition) is 1. The quantitative estimate of drug-likeness (QED) is 0.751. The van der Waals surface area contributed by atoms with Gasteiger partial charge in [0.2, 0.25) is 5.91 Å². The largest absolute Gasteiger partial charge is 0.375 e. The molecule has 0 aromatic rings. The summed E-state index contributed by atoms with van der Waals surface area (Å²) in [4.78, 5) is 13.7. The Morgan fingerprint density at radius 3 is 2.93 bits per heavy atom. The van der Waals surface area contributed by atoms with Gasteiger partial charge in [0.25, 0.3) is 0 Å². The Labute approximate surface area is 91.8 Å². The third-order valence-corrected chi connectivity index (χ3v) is 2.82. The first-order valence-electron chi connectivity index (χ1n) is 5.85. The van der Waals surface area contributed by atoms with Gasteiger partial charge in [0.1, 0.15) is 0 Å². The summed E-state index contributed by atoms with van der Waals surface area (Å²) in [6.45, 7) is 6.15. The summed E-state index contributed by atoms with van der Waals surface area (Å²) in [7, 11) is 0. The molecule has 1 saturated heterocycles. The highest BCUT2D eigenvalue weighted by Crippen LogP contribution is 2.10. The molecule has 1 aliphatic heterocycles. The molecule has 15 heavy (non-hydrogen) atoms. The summed E-state index contributed by atoms with van der Waals surface area (Å²) in [6, 6.07) is -0.328. The molecular weight excluding hydrogens is 192 g/mol. The highest BCUT2D eigenvalue weighted by molar-refractivity contribution is 5.81. The maximum absolute atomic E-state index is 11.9. The normalized spacial score (nSPS) is 23.9. The topological polar surface area (TPSA) is 55.6 Å². The maximum Gasteiger partial charge on any atom is 0.239 e. The van der Waals surface area contributed by atoms with Crippen molar-refractivity contribution in [3.63, 3.8) is 0 Å². The average Bonchev–Trinajstić information content (AvgIpc) is 2.28. The average molecular weight is 214 g/mol. The lowest BCUT2D eigenvalue weighted by atomic mass is 10.1. The summed E-state index contributed by atoms with van der Waals surface area (Å²) in [5.74, 6) is 0.0820. The van der Waals surface area contributed by atoms with Gasteiger partial charge in [0.15, 0.2) is 0 Å². The van der Waals surface area contributed by atoms with Crippen molar-refractivity contribution in [2.24, 2.45) is 5.73 Å². The molecule has 2 atom stereocenters. The summed E-state index contributed by atoms with van der Waals surface area (Å²) in [6.07, 6.45) is 2.87. The van der Waals surface area contributed by atoms with Crippen LogP contribution in [-0.4, -0.2) is 42.6 Å². The van der Waals surface area contributed by atoms with Crippen molar-refractivity contribution in [2.45, 2.75) is 45.3 Å². The molecule has 1 rings (SSSR count). The molecule has 88 valence electrons. The van der Waals surface area contributed by atoms with Crippen LogP contribution < -0.4 is 5.73 Å². The van der Waals surface area contributed by atoms with Crippen LogP contribution in [0.15, 0.2) is 0 Å². The minimum absolute atomic E-state index is 0.0820. The molecule has 0 bridgehead atoms. The van der Waals surface area contributed by atoms with E-state index < -0.39 is 0 Å². The fourth-order valence-electron chi connectivity index (χ4n) is 1.84. The predicted molar refractivity (Wildman–Crippen MR) is 59.5 cm³/mol. The highest BCUT2D eigenvalue weighted by atomic mass is 16.5. The Morgan fingerprint density at radius 1 is 1.60 bits per heavy atom. The van der Waals surface area contributed by atoms with Gasteiger partial charge in [0, 0.05) is 13.1 Å². The van der Waals surface area contributed by atoms with E-state index in [1.807, 2.05) is 11.8 Å². The number of carbonyl (C=O) groups is 1. The molecule has 0 spiro atoms. The molecule has 1 aliphatic rings. The summed E-state index contributed by atoms with van der Waals surface area (Å²) in [5.41, 5.74) is 5.81. The fourth-order valence-corrected chi connectivity index (χ4v) is 1.84. The molecule has 2 unspecified atom stereocenters. The van der Waals surface area contributed by atoms with Crippen molar-refractivity contribution in [1.82, 2.24) is 4.90 Å². The Hall–Kier alpha value is -0.610. The van der Waals surface area contributed by atoms with Gasteiger partial charge in [-0.3, -0.25) is 4.79 Å². The van der Waals surface area contributed by atoms with Gasteiger partial charge in [0.05, 0.1) is 18.8 Å².